The van der Waals surface area contributed by atoms with Crippen molar-refractivity contribution in [3.05, 3.63) is 35.9 Å². The Morgan fingerprint density at radius 3 is 2.12 bits per heavy atom. The number of piperidine rings is 1. The van der Waals surface area contributed by atoms with E-state index in [2.05, 4.69) is 0 Å². The summed E-state index contributed by atoms with van der Waals surface area (Å²) in [4.78, 5) is -0.0984. The van der Waals surface area contributed by atoms with Crippen LogP contribution in [-0.2, 0) is 6.54 Å². The predicted octanol–water partition coefficient (Wildman–Crippen LogP) is 3.16. The Morgan fingerprint density at radius 1 is 1.06 bits per heavy atom. The third-order valence-electron chi connectivity index (χ3n) is 2.22. The first-order valence-electron chi connectivity index (χ1n) is 6.99. The van der Waals surface area contributed by atoms with E-state index in [1.807, 2.05) is 0 Å². The molecule has 0 aromatic heterocycles. The average molecular weight is 251 g/mol. The predicted molar refractivity (Wildman–Crippen MR) is 56.2 cm³/mol. The summed E-state index contributed by atoms with van der Waals surface area (Å²) in [6.45, 7) is -7.73. The van der Waals surface area contributed by atoms with Crippen LogP contribution in [-0.4, -0.2) is 29.7 Å². The van der Waals surface area contributed by atoms with Gasteiger partial charge in [-0.3, -0.25) is 4.90 Å². The van der Waals surface area contributed by atoms with Gasteiger partial charge < -0.3 is 0 Å². The van der Waals surface area contributed by atoms with Crippen molar-refractivity contribution in [2.24, 2.45) is 0 Å². The smallest absolute Gasteiger partial charge is 0.266 e. The number of hydrogen-bond donors (Lipinski definition) is 0. The third kappa shape index (κ3) is 3.43. The van der Waals surface area contributed by atoms with Gasteiger partial charge in [-0.2, -0.15) is 0 Å². The van der Waals surface area contributed by atoms with Crippen LogP contribution < -0.4 is 0 Å². The van der Waals surface area contributed by atoms with E-state index in [4.69, 9.17) is 5.48 Å². The zero-order valence-electron chi connectivity index (χ0n) is 12.8. The summed E-state index contributed by atoms with van der Waals surface area (Å²) in [6, 6.07) is 7.53. The standard InChI is InChI=1S/C12H13F4N/c13-11(14)7-12(15,16)9-17(8-11)6-10-4-2-1-3-5-10/h1-5H,6-9H2/i8D2,9D2. The van der Waals surface area contributed by atoms with Crippen molar-refractivity contribution in [3.8, 4) is 0 Å². The SMILES string of the molecule is [2H]C1([2H])N(Cc2ccccc2)C([2H])([2H])C(F)(F)CC1(F)F. The minimum Gasteiger partial charge on any atom is -0.287 e. The van der Waals surface area contributed by atoms with Crippen LogP contribution in [0.4, 0.5) is 17.6 Å². The first-order valence-corrected chi connectivity index (χ1v) is 4.99. The van der Waals surface area contributed by atoms with Gasteiger partial charge in [0.2, 0.25) is 0 Å². The topological polar surface area (TPSA) is 3.24 Å². The Balaban J connectivity index is 2.47. The molecule has 1 saturated heterocycles. The lowest BCUT2D eigenvalue weighted by molar-refractivity contribution is -0.172. The van der Waals surface area contributed by atoms with Crippen LogP contribution in [0.1, 0.15) is 17.5 Å². The van der Waals surface area contributed by atoms with Gasteiger partial charge in [0.25, 0.3) is 11.8 Å². The van der Waals surface area contributed by atoms with Crippen molar-refractivity contribution in [2.45, 2.75) is 24.8 Å². The second-order valence-corrected chi connectivity index (χ2v) is 3.88. The molecule has 0 unspecified atom stereocenters. The molecule has 1 nitrogen and oxygen atoms in total. The van der Waals surface area contributed by atoms with Crippen LogP contribution >= 0.6 is 0 Å². The number of hydrogen-bond acceptors (Lipinski definition) is 1. The van der Waals surface area contributed by atoms with E-state index in [0.717, 1.165) is 0 Å². The average Bonchev–Trinajstić information content (AvgIpc) is 2.34. The quantitative estimate of drug-likeness (QED) is 0.730. The van der Waals surface area contributed by atoms with Gasteiger partial charge in [-0.15, -0.1) is 0 Å². The van der Waals surface area contributed by atoms with Crippen LogP contribution in [0.15, 0.2) is 30.3 Å². The molecule has 0 spiro atoms. The Bertz CT molecular complexity index is 495. The maximum absolute atomic E-state index is 13.7. The lowest BCUT2D eigenvalue weighted by Gasteiger charge is -2.37. The van der Waals surface area contributed by atoms with Gasteiger partial charge in [-0.25, -0.2) is 17.6 Å². The number of alkyl halides is 4. The summed E-state index contributed by atoms with van der Waals surface area (Å²) < 4.78 is 84.6. The largest absolute Gasteiger partial charge is 0.287 e. The molecule has 1 fully saturated rings. The van der Waals surface area contributed by atoms with E-state index < -0.39 is 37.8 Å². The molecule has 0 amide bonds. The van der Waals surface area contributed by atoms with Gasteiger partial charge in [0, 0.05) is 12.0 Å². The first kappa shape index (κ1) is 8.08. The summed E-state index contributed by atoms with van der Waals surface area (Å²) >= 11 is 0. The molecule has 17 heavy (non-hydrogen) atoms. The number of halogens is 4. The van der Waals surface area contributed by atoms with Crippen molar-refractivity contribution in [1.82, 2.24) is 4.90 Å². The summed E-state index contributed by atoms with van der Waals surface area (Å²) in [5.74, 6) is -8.73. The van der Waals surface area contributed by atoms with Gasteiger partial charge in [0.15, 0.2) is 0 Å². The molecule has 0 radical (unpaired) electrons. The third-order valence-corrected chi connectivity index (χ3v) is 2.22. The molecule has 2 rings (SSSR count). The molecular formula is C12H13F4N. The maximum atomic E-state index is 13.7. The summed E-state index contributed by atoms with van der Waals surface area (Å²) in [7, 11) is 0. The Hall–Kier alpha value is -1.10. The molecule has 0 bridgehead atoms. The zero-order chi connectivity index (χ0) is 16.1. The molecule has 0 aliphatic carbocycles. The lowest BCUT2D eigenvalue weighted by atomic mass is 10.0. The molecule has 1 aromatic rings. The highest BCUT2D eigenvalue weighted by molar-refractivity contribution is 5.14. The Labute approximate surface area is 103 Å². The van der Waals surface area contributed by atoms with E-state index in [1.165, 1.54) is 24.3 Å². The second kappa shape index (κ2) is 4.29. The van der Waals surface area contributed by atoms with E-state index in [0.29, 0.717) is 0 Å². The molecule has 94 valence electrons. The minimum absolute atomic E-state index is 0.0984. The molecule has 1 aliphatic rings. The van der Waals surface area contributed by atoms with Gasteiger partial charge in [-0.05, 0) is 5.56 Å². The fourth-order valence-corrected chi connectivity index (χ4v) is 1.63. The van der Waals surface area contributed by atoms with Gasteiger partial charge >= 0.3 is 0 Å². The Morgan fingerprint density at radius 2 is 1.59 bits per heavy atom. The van der Waals surface area contributed by atoms with Crippen molar-refractivity contribution < 1.29 is 23.0 Å². The molecule has 1 aromatic carbocycles. The van der Waals surface area contributed by atoms with E-state index in [1.54, 1.807) is 6.07 Å². The zero-order valence-corrected chi connectivity index (χ0v) is 8.76. The number of rotatable bonds is 2. The monoisotopic (exact) mass is 251 g/mol. The van der Waals surface area contributed by atoms with Crippen LogP contribution in [0.3, 0.4) is 0 Å². The molecule has 5 heteroatoms. The van der Waals surface area contributed by atoms with Gasteiger partial charge in [0.05, 0.1) is 19.4 Å². The van der Waals surface area contributed by atoms with E-state index >= 15 is 0 Å². The van der Waals surface area contributed by atoms with Crippen molar-refractivity contribution >= 4 is 0 Å². The van der Waals surface area contributed by atoms with Crippen LogP contribution in [0.25, 0.3) is 0 Å². The van der Waals surface area contributed by atoms with Gasteiger partial charge in [-0.1, -0.05) is 30.3 Å². The first-order chi connectivity index (χ1) is 9.42. The van der Waals surface area contributed by atoms with Crippen LogP contribution in [0.2, 0.25) is 0 Å². The van der Waals surface area contributed by atoms with Crippen molar-refractivity contribution in [2.75, 3.05) is 13.0 Å². The molecular weight excluding hydrogens is 234 g/mol. The maximum Gasteiger partial charge on any atom is 0.266 e. The minimum atomic E-state index is -4.36. The normalized spacial score (nSPS) is 32.9. The molecule has 1 aliphatic heterocycles. The summed E-state index contributed by atoms with van der Waals surface area (Å²) in [6.07, 6.45) is -2.16. The highest BCUT2D eigenvalue weighted by atomic mass is 19.3. The fraction of sp³-hybridized carbons (Fsp3) is 0.500. The molecule has 1 heterocycles. The number of benzene rings is 1. The highest BCUT2D eigenvalue weighted by Crippen LogP contribution is 2.36. The number of likely N-dealkylation sites (tertiary alicyclic amines) is 1. The molecule has 0 atom stereocenters. The summed E-state index contributed by atoms with van der Waals surface area (Å²) in [5.41, 5.74) is 0.263. The number of nitrogens with zero attached hydrogens (tertiary/aromatic N) is 1. The fourth-order valence-electron chi connectivity index (χ4n) is 1.63. The van der Waals surface area contributed by atoms with Crippen LogP contribution in [0.5, 0.6) is 0 Å². The second-order valence-electron chi connectivity index (χ2n) is 3.88. The Kier molecular flexibility index (Phi) is 2.04. The van der Waals surface area contributed by atoms with E-state index in [9.17, 15) is 17.6 Å². The van der Waals surface area contributed by atoms with Crippen molar-refractivity contribution in [1.29, 1.82) is 0 Å². The molecule has 0 saturated carbocycles. The lowest BCUT2D eigenvalue weighted by Crippen LogP contribution is -2.52. The summed E-state index contributed by atoms with van der Waals surface area (Å²) in [5, 5.41) is 0. The van der Waals surface area contributed by atoms with Crippen molar-refractivity contribution in [3.63, 3.8) is 0 Å². The van der Waals surface area contributed by atoms with E-state index in [-0.39, 0.29) is 10.5 Å². The molecule has 0 N–H and O–H groups in total. The van der Waals surface area contributed by atoms with Crippen LogP contribution in [0, 0.1) is 0 Å². The highest BCUT2D eigenvalue weighted by Gasteiger charge is 2.49. The van der Waals surface area contributed by atoms with Gasteiger partial charge in [0.1, 0.15) is 0 Å².